The topological polar surface area (TPSA) is 34.0 Å². The van der Waals surface area contributed by atoms with Crippen LogP contribution in [0.1, 0.15) is 5.56 Å². The van der Waals surface area contributed by atoms with Crippen molar-refractivity contribution >= 4 is 21.6 Å². The zero-order chi connectivity index (χ0) is 13.8. The van der Waals surface area contributed by atoms with Gasteiger partial charge in [-0.05, 0) is 46.6 Å². The standard InChI is InChI=1S/C14H14BrFN2O/c1-10-8-12(16)11(15)9-13(10)17-5-7-18-6-3-2-4-14(18)19/h2-4,6,8-9,17H,5,7H2,1H3. The number of halogens is 2. The molecule has 0 saturated heterocycles. The Labute approximate surface area is 119 Å². The van der Waals surface area contributed by atoms with Gasteiger partial charge in [-0.2, -0.15) is 0 Å². The van der Waals surface area contributed by atoms with Crippen LogP contribution in [0.5, 0.6) is 0 Å². The number of aromatic nitrogens is 1. The molecule has 0 aliphatic rings. The van der Waals surface area contributed by atoms with Crippen molar-refractivity contribution in [3.63, 3.8) is 0 Å². The molecule has 1 aromatic heterocycles. The molecule has 0 amide bonds. The predicted molar refractivity (Wildman–Crippen MR) is 78.0 cm³/mol. The molecule has 19 heavy (non-hydrogen) atoms. The van der Waals surface area contributed by atoms with Gasteiger partial charge in [0.15, 0.2) is 0 Å². The van der Waals surface area contributed by atoms with Crippen LogP contribution < -0.4 is 10.9 Å². The molecule has 1 heterocycles. The smallest absolute Gasteiger partial charge is 0.250 e. The van der Waals surface area contributed by atoms with Gasteiger partial charge >= 0.3 is 0 Å². The van der Waals surface area contributed by atoms with Crippen LogP contribution in [0, 0.1) is 12.7 Å². The molecular formula is C14H14BrFN2O. The third-order valence-corrected chi connectivity index (χ3v) is 3.44. The van der Waals surface area contributed by atoms with Crippen LogP contribution in [0.15, 0.2) is 45.8 Å². The molecule has 100 valence electrons. The molecule has 0 aliphatic carbocycles. The second-order valence-corrected chi connectivity index (χ2v) is 5.09. The average molecular weight is 325 g/mol. The molecule has 2 rings (SSSR count). The van der Waals surface area contributed by atoms with Crippen molar-refractivity contribution in [3.05, 3.63) is 62.7 Å². The maximum atomic E-state index is 13.3. The van der Waals surface area contributed by atoms with Crippen molar-refractivity contribution in [3.8, 4) is 0 Å². The molecule has 1 aromatic carbocycles. The Morgan fingerprint density at radius 2 is 2.16 bits per heavy atom. The maximum Gasteiger partial charge on any atom is 0.250 e. The lowest BCUT2D eigenvalue weighted by atomic mass is 10.2. The molecule has 2 aromatic rings. The molecule has 0 aliphatic heterocycles. The highest BCUT2D eigenvalue weighted by molar-refractivity contribution is 9.10. The number of anilines is 1. The quantitative estimate of drug-likeness (QED) is 0.937. The van der Waals surface area contributed by atoms with Crippen LogP contribution in [0.4, 0.5) is 10.1 Å². The summed E-state index contributed by atoms with van der Waals surface area (Å²) in [6, 6.07) is 8.24. The van der Waals surface area contributed by atoms with Crippen molar-refractivity contribution < 1.29 is 4.39 Å². The Morgan fingerprint density at radius 3 is 2.89 bits per heavy atom. The van der Waals surface area contributed by atoms with E-state index < -0.39 is 0 Å². The summed E-state index contributed by atoms with van der Waals surface area (Å²) in [6.07, 6.45) is 1.75. The highest BCUT2D eigenvalue weighted by Gasteiger charge is 2.04. The number of nitrogens with one attached hydrogen (secondary N) is 1. The normalized spacial score (nSPS) is 10.5. The first-order valence-electron chi connectivity index (χ1n) is 5.93. The van der Waals surface area contributed by atoms with Crippen molar-refractivity contribution in [2.24, 2.45) is 0 Å². The van der Waals surface area contributed by atoms with Gasteiger partial charge in [-0.25, -0.2) is 4.39 Å². The molecule has 0 bridgehead atoms. The van der Waals surface area contributed by atoms with E-state index in [1.54, 1.807) is 22.9 Å². The number of nitrogens with zero attached hydrogens (tertiary/aromatic N) is 1. The minimum atomic E-state index is -0.276. The number of hydrogen-bond donors (Lipinski definition) is 1. The summed E-state index contributed by atoms with van der Waals surface area (Å²) < 4.78 is 15.3. The van der Waals surface area contributed by atoms with E-state index in [0.717, 1.165) is 11.3 Å². The fourth-order valence-corrected chi connectivity index (χ4v) is 2.14. The first kappa shape index (κ1) is 13.8. The van der Waals surface area contributed by atoms with E-state index in [1.807, 2.05) is 13.0 Å². The molecule has 0 atom stereocenters. The van der Waals surface area contributed by atoms with Crippen molar-refractivity contribution in [1.82, 2.24) is 4.57 Å². The van der Waals surface area contributed by atoms with E-state index in [2.05, 4.69) is 21.2 Å². The van der Waals surface area contributed by atoms with Crippen molar-refractivity contribution in [2.45, 2.75) is 13.5 Å². The molecule has 0 unspecified atom stereocenters. The number of aryl methyl sites for hydroxylation is 1. The minimum absolute atomic E-state index is 0.0266. The van der Waals surface area contributed by atoms with Gasteiger partial charge < -0.3 is 9.88 Å². The first-order chi connectivity index (χ1) is 9.08. The van der Waals surface area contributed by atoms with E-state index in [1.165, 1.54) is 12.1 Å². The van der Waals surface area contributed by atoms with E-state index in [9.17, 15) is 9.18 Å². The van der Waals surface area contributed by atoms with Gasteiger partial charge in [0.2, 0.25) is 0 Å². The zero-order valence-electron chi connectivity index (χ0n) is 10.5. The third kappa shape index (κ3) is 3.44. The van der Waals surface area contributed by atoms with Gasteiger partial charge in [0.25, 0.3) is 5.56 Å². The average Bonchev–Trinajstić information content (AvgIpc) is 2.38. The summed E-state index contributed by atoms with van der Waals surface area (Å²) >= 11 is 3.16. The van der Waals surface area contributed by atoms with Crippen molar-refractivity contribution in [2.75, 3.05) is 11.9 Å². The fraction of sp³-hybridized carbons (Fsp3) is 0.214. The second-order valence-electron chi connectivity index (χ2n) is 4.24. The molecule has 1 N–H and O–H groups in total. The molecule has 3 nitrogen and oxygen atoms in total. The third-order valence-electron chi connectivity index (χ3n) is 2.83. The zero-order valence-corrected chi connectivity index (χ0v) is 12.1. The van der Waals surface area contributed by atoms with E-state index in [0.29, 0.717) is 17.6 Å². The van der Waals surface area contributed by atoms with Gasteiger partial charge in [-0.1, -0.05) is 6.07 Å². The summed E-state index contributed by atoms with van der Waals surface area (Å²) in [4.78, 5) is 11.5. The lowest BCUT2D eigenvalue weighted by Gasteiger charge is -2.11. The summed E-state index contributed by atoms with van der Waals surface area (Å²) in [5.41, 5.74) is 1.67. The number of rotatable bonds is 4. The van der Waals surface area contributed by atoms with Gasteiger partial charge in [0.05, 0.1) is 4.47 Å². The molecule has 0 spiro atoms. The van der Waals surface area contributed by atoms with E-state index in [-0.39, 0.29) is 11.4 Å². The van der Waals surface area contributed by atoms with E-state index in [4.69, 9.17) is 0 Å². The van der Waals surface area contributed by atoms with Gasteiger partial charge in [-0.15, -0.1) is 0 Å². The SMILES string of the molecule is Cc1cc(F)c(Br)cc1NCCn1ccccc1=O. The van der Waals surface area contributed by atoms with Gasteiger partial charge in [-0.3, -0.25) is 4.79 Å². The number of benzene rings is 1. The van der Waals surface area contributed by atoms with Crippen LogP contribution in [0.2, 0.25) is 0 Å². The first-order valence-corrected chi connectivity index (χ1v) is 6.72. The number of hydrogen-bond acceptors (Lipinski definition) is 2. The monoisotopic (exact) mass is 324 g/mol. The van der Waals surface area contributed by atoms with Crippen LogP contribution in [0.3, 0.4) is 0 Å². The Balaban J connectivity index is 2.02. The number of pyridine rings is 1. The van der Waals surface area contributed by atoms with Crippen molar-refractivity contribution in [1.29, 1.82) is 0 Å². The molecular weight excluding hydrogens is 311 g/mol. The lowest BCUT2D eigenvalue weighted by molar-refractivity contribution is 0.620. The second kappa shape index (κ2) is 6.02. The van der Waals surface area contributed by atoms with Crippen LogP contribution in [0.25, 0.3) is 0 Å². The largest absolute Gasteiger partial charge is 0.383 e. The highest BCUT2D eigenvalue weighted by Crippen LogP contribution is 2.23. The molecule has 0 radical (unpaired) electrons. The molecule has 0 fully saturated rings. The van der Waals surface area contributed by atoms with Gasteiger partial charge in [0, 0.05) is 31.0 Å². The minimum Gasteiger partial charge on any atom is -0.383 e. The predicted octanol–water partition coefficient (Wildman–Crippen LogP) is 3.17. The summed E-state index contributed by atoms with van der Waals surface area (Å²) in [6.45, 7) is 3.00. The Morgan fingerprint density at radius 1 is 1.37 bits per heavy atom. The Kier molecular flexibility index (Phi) is 4.37. The fourth-order valence-electron chi connectivity index (χ4n) is 1.79. The Hall–Kier alpha value is -1.62. The molecule has 0 saturated carbocycles. The maximum absolute atomic E-state index is 13.3. The van der Waals surface area contributed by atoms with Gasteiger partial charge in [0.1, 0.15) is 5.82 Å². The highest BCUT2D eigenvalue weighted by atomic mass is 79.9. The van der Waals surface area contributed by atoms with Crippen LogP contribution >= 0.6 is 15.9 Å². The van der Waals surface area contributed by atoms with Crippen LogP contribution in [-0.4, -0.2) is 11.1 Å². The summed E-state index contributed by atoms with van der Waals surface area (Å²) in [5, 5.41) is 3.20. The van der Waals surface area contributed by atoms with Crippen LogP contribution in [-0.2, 0) is 6.54 Å². The molecule has 5 heteroatoms. The summed E-state index contributed by atoms with van der Waals surface area (Å²) in [5.74, 6) is -0.276. The van der Waals surface area contributed by atoms with E-state index >= 15 is 0 Å². The Bertz CT molecular complexity index is 640. The summed E-state index contributed by atoms with van der Waals surface area (Å²) in [7, 11) is 0. The lowest BCUT2D eigenvalue weighted by Crippen LogP contribution is -2.22.